The molecule has 2 aliphatic rings. The number of benzene rings is 5. The second kappa shape index (κ2) is 14.3. The third kappa shape index (κ3) is 6.49. The van der Waals surface area contributed by atoms with Gasteiger partial charge in [0.05, 0.1) is 0 Å². The quantitative estimate of drug-likeness (QED) is 0.145. The van der Waals surface area contributed by atoms with Gasteiger partial charge in [0, 0.05) is 0 Å². The average molecular weight is 765 g/mol. The molecule has 0 amide bonds. The van der Waals surface area contributed by atoms with Gasteiger partial charge in [-0.15, -0.1) is 24.8 Å². The second-order valence-electron chi connectivity index (χ2n) is 15.4. The van der Waals surface area contributed by atoms with Crippen molar-refractivity contribution in [3.05, 3.63) is 153 Å². The van der Waals surface area contributed by atoms with Crippen molar-refractivity contribution in [1.82, 2.24) is 0 Å². The molecule has 1 atom stereocenters. The molecular weight excluding hydrogens is 715 g/mol. The van der Waals surface area contributed by atoms with Gasteiger partial charge in [-0.2, -0.15) is 0 Å². The van der Waals surface area contributed by atoms with Gasteiger partial charge in [0.25, 0.3) is 0 Å². The molecule has 7 rings (SSSR count). The maximum atomic E-state index is 5.70. The maximum absolute atomic E-state index is 5.70. The molecule has 2 aliphatic carbocycles. The average Bonchev–Trinajstić information content (AvgIpc) is 3.71. The number of rotatable bonds is 8. The van der Waals surface area contributed by atoms with E-state index in [9.17, 15) is 0 Å². The Morgan fingerprint density at radius 1 is 0.694 bits per heavy atom. The fourth-order valence-electron chi connectivity index (χ4n) is 8.52. The molecule has 1 unspecified atom stereocenters. The van der Waals surface area contributed by atoms with Crippen molar-refractivity contribution in [2.24, 2.45) is 11.3 Å². The SMILES string of the molecule is Cl.Cl.[CH2]=[Zr]([CH3])([C]1=CC(C(C)(C)C)=CC1CCCC)([c]1ccccc1)[c]1c(-c2ccccc2)ccc2c1Cc1cc(-c3ccccc3)ccc1-2. The molecule has 0 saturated heterocycles. The monoisotopic (exact) mass is 762 g/mol. The summed E-state index contributed by atoms with van der Waals surface area (Å²) >= 11 is -4.60. The Morgan fingerprint density at radius 3 is 1.88 bits per heavy atom. The Kier molecular flexibility index (Phi) is 10.8. The van der Waals surface area contributed by atoms with E-state index in [0.717, 1.165) is 6.42 Å². The van der Waals surface area contributed by atoms with Crippen LogP contribution in [0, 0.1) is 11.3 Å². The molecule has 0 bridgehead atoms. The van der Waals surface area contributed by atoms with Crippen LogP contribution in [0.5, 0.6) is 0 Å². The standard InChI is InChI=1S/C25H17.C13H21.C6H5.CH3.CH2.2ClH.Zr/c1-3-7-18(8-4-1)20-11-13-24-22(15-20)17-23-16-21(12-14-25(23)24)19-9-5-2-6-10-19;1-5-6-7-11-8-9-12(10-11)13(2,3)4;1-2-4-6-5-3-1;;;;;/h1-15H,17H2;9-11H,5-7H2,1-4H3;1-5H;1H3;1H2;2*1H;. The molecule has 0 N–H and O–H groups in total. The van der Waals surface area contributed by atoms with Crippen molar-refractivity contribution in [3.8, 4) is 33.4 Å². The number of halogens is 2. The molecule has 49 heavy (non-hydrogen) atoms. The van der Waals surface area contributed by atoms with Crippen LogP contribution < -0.4 is 6.54 Å². The van der Waals surface area contributed by atoms with E-state index < -0.39 is 18.3 Å². The van der Waals surface area contributed by atoms with Crippen LogP contribution in [0.2, 0.25) is 4.63 Å². The van der Waals surface area contributed by atoms with Gasteiger partial charge in [-0.1, -0.05) is 0 Å². The van der Waals surface area contributed by atoms with E-state index in [1.165, 1.54) is 72.6 Å². The first kappa shape index (κ1) is 37.2. The Balaban J connectivity index is 0.00000234. The fourth-order valence-corrected chi connectivity index (χ4v) is 22.7. The topological polar surface area (TPSA) is 0 Å². The van der Waals surface area contributed by atoms with Gasteiger partial charge in [-0.25, -0.2) is 0 Å². The zero-order chi connectivity index (χ0) is 32.8. The molecule has 5 aromatic carbocycles. The normalized spacial score (nSPS) is 15.3. The van der Waals surface area contributed by atoms with E-state index in [1.807, 2.05) is 0 Å². The van der Waals surface area contributed by atoms with E-state index in [1.54, 1.807) is 6.55 Å². The first-order valence-electron chi connectivity index (χ1n) is 17.5. The number of hydrogen-bond donors (Lipinski definition) is 0. The Hall–Kier alpha value is -3.09. The zero-order valence-corrected chi connectivity index (χ0v) is 33.7. The predicted molar refractivity (Wildman–Crippen MR) is 217 cm³/mol. The van der Waals surface area contributed by atoms with Crippen molar-refractivity contribution in [1.29, 1.82) is 0 Å². The van der Waals surface area contributed by atoms with Crippen LogP contribution in [0.1, 0.15) is 58.1 Å². The molecule has 5 aromatic rings. The van der Waals surface area contributed by atoms with E-state index >= 15 is 0 Å². The third-order valence-electron chi connectivity index (χ3n) is 11.1. The first-order valence-corrected chi connectivity index (χ1v) is 25.4. The van der Waals surface area contributed by atoms with E-state index in [2.05, 4.69) is 166 Å². The summed E-state index contributed by atoms with van der Waals surface area (Å²) in [6.07, 6.45) is 9.81. The van der Waals surface area contributed by atoms with Gasteiger partial charge in [-0.3, -0.25) is 0 Å². The zero-order valence-electron chi connectivity index (χ0n) is 29.6. The number of fused-ring (bicyclic) bond motifs is 3. The minimum atomic E-state index is -4.60. The summed E-state index contributed by atoms with van der Waals surface area (Å²) in [4.78, 5) is 0. The van der Waals surface area contributed by atoms with Crippen LogP contribution in [0.15, 0.2) is 142 Å². The molecule has 252 valence electrons. The summed E-state index contributed by atoms with van der Waals surface area (Å²) in [5.74, 6) is 0.408. The van der Waals surface area contributed by atoms with Crippen LogP contribution in [0.3, 0.4) is 0 Å². The molecule has 0 fully saturated rings. The van der Waals surface area contributed by atoms with Crippen molar-refractivity contribution in [3.63, 3.8) is 0 Å². The number of allylic oxidation sites excluding steroid dienone is 4. The molecule has 0 aliphatic heterocycles. The summed E-state index contributed by atoms with van der Waals surface area (Å²) in [6, 6.07) is 45.4. The van der Waals surface area contributed by atoms with Gasteiger partial charge in [0.2, 0.25) is 0 Å². The van der Waals surface area contributed by atoms with E-state index in [0.29, 0.717) is 5.92 Å². The summed E-state index contributed by atoms with van der Waals surface area (Å²) in [7, 11) is 0. The number of hydrogen-bond acceptors (Lipinski definition) is 0. The van der Waals surface area contributed by atoms with Gasteiger partial charge < -0.3 is 0 Å². The molecular formula is C46H50Cl2Zr. The van der Waals surface area contributed by atoms with Gasteiger partial charge >= 0.3 is 285 Å². The van der Waals surface area contributed by atoms with Crippen molar-refractivity contribution >= 4 is 35.6 Å². The van der Waals surface area contributed by atoms with Crippen molar-refractivity contribution < 1.29 is 18.3 Å². The van der Waals surface area contributed by atoms with Crippen molar-refractivity contribution in [2.75, 3.05) is 0 Å². The molecule has 0 nitrogen and oxygen atoms in total. The molecule has 3 heteroatoms. The van der Waals surface area contributed by atoms with Gasteiger partial charge in [0.1, 0.15) is 0 Å². The van der Waals surface area contributed by atoms with Crippen LogP contribution in [0.4, 0.5) is 0 Å². The summed E-state index contributed by atoms with van der Waals surface area (Å²) in [5.41, 5.74) is 12.5. The Labute approximate surface area is 307 Å². The molecule has 0 spiro atoms. The minimum absolute atomic E-state index is 0. The van der Waals surface area contributed by atoms with Crippen LogP contribution in [-0.4, -0.2) is 4.21 Å². The molecule has 0 radical (unpaired) electrons. The summed E-state index contributed by atoms with van der Waals surface area (Å²) < 4.78 is 13.0. The fraction of sp³-hybridized carbons (Fsp3) is 0.239. The van der Waals surface area contributed by atoms with Crippen LogP contribution in [0.25, 0.3) is 33.4 Å². The Bertz CT molecular complexity index is 2080. The summed E-state index contributed by atoms with van der Waals surface area (Å²) in [6.45, 7) is 9.44. The Morgan fingerprint density at radius 2 is 1.27 bits per heavy atom. The second-order valence-corrected chi connectivity index (χ2v) is 29.3. The van der Waals surface area contributed by atoms with Gasteiger partial charge in [-0.05, 0) is 0 Å². The molecule has 0 heterocycles. The predicted octanol–water partition coefficient (Wildman–Crippen LogP) is 12.2. The van der Waals surface area contributed by atoms with Gasteiger partial charge in [0.15, 0.2) is 0 Å². The number of unbranched alkanes of at least 4 members (excludes halogenated alkanes) is 1. The van der Waals surface area contributed by atoms with Crippen LogP contribution in [-0.2, 0) is 24.7 Å². The third-order valence-corrected chi connectivity index (χ3v) is 25.6. The van der Waals surface area contributed by atoms with Crippen LogP contribution >= 0.6 is 24.8 Å². The summed E-state index contributed by atoms with van der Waals surface area (Å²) in [5, 5.41) is 0. The van der Waals surface area contributed by atoms with Crippen molar-refractivity contribution in [2.45, 2.75) is 58.0 Å². The van der Waals surface area contributed by atoms with E-state index in [4.69, 9.17) is 4.21 Å². The first-order chi connectivity index (χ1) is 22.6. The van der Waals surface area contributed by atoms with E-state index in [-0.39, 0.29) is 30.2 Å². The molecule has 0 aromatic heterocycles. The molecule has 0 saturated carbocycles.